The van der Waals surface area contributed by atoms with E-state index in [1.165, 1.54) is 5.56 Å². The number of aryl methyl sites for hydroxylation is 1. The molecule has 0 aromatic carbocycles. The summed E-state index contributed by atoms with van der Waals surface area (Å²) in [6.45, 7) is 4.69. The van der Waals surface area contributed by atoms with Crippen molar-refractivity contribution in [2.24, 2.45) is 11.8 Å². The van der Waals surface area contributed by atoms with Crippen molar-refractivity contribution in [1.82, 2.24) is 15.3 Å². The van der Waals surface area contributed by atoms with Gasteiger partial charge in [-0.2, -0.15) is 11.8 Å². The molecule has 1 aromatic heterocycles. The molecule has 3 aliphatic rings. The highest BCUT2D eigenvalue weighted by Crippen LogP contribution is 2.54. The van der Waals surface area contributed by atoms with Crippen LogP contribution in [0.4, 0.5) is 5.95 Å². The number of carbonyl (C=O) groups is 1. The van der Waals surface area contributed by atoms with Gasteiger partial charge in [0.25, 0.3) is 0 Å². The minimum atomic E-state index is -0.0645. The molecule has 3 fully saturated rings. The molecule has 1 aromatic rings. The summed E-state index contributed by atoms with van der Waals surface area (Å²) in [7, 11) is 0. The monoisotopic (exact) mass is 376 g/mol. The van der Waals surface area contributed by atoms with E-state index in [0.717, 1.165) is 51.3 Å². The van der Waals surface area contributed by atoms with Crippen LogP contribution in [0, 0.1) is 11.8 Å². The number of ether oxygens (including phenoxy) is 1. The van der Waals surface area contributed by atoms with E-state index in [4.69, 9.17) is 4.74 Å². The summed E-state index contributed by atoms with van der Waals surface area (Å²) < 4.78 is 6.45. The molecule has 26 heavy (non-hydrogen) atoms. The highest BCUT2D eigenvalue weighted by atomic mass is 32.2. The predicted molar refractivity (Wildman–Crippen MR) is 103 cm³/mol. The zero-order valence-electron chi connectivity index (χ0n) is 15.6. The smallest absolute Gasteiger partial charge is 0.229 e. The third-order valence-corrected chi connectivity index (χ3v) is 6.66. The second kappa shape index (κ2) is 7.35. The molecule has 2 bridgehead atoms. The number of thioether (sulfide) groups is 1. The van der Waals surface area contributed by atoms with Crippen LogP contribution in [0.1, 0.15) is 31.7 Å². The van der Waals surface area contributed by atoms with Gasteiger partial charge in [-0.15, -0.1) is 0 Å². The van der Waals surface area contributed by atoms with Crippen molar-refractivity contribution in [1.29, 1.82) is 0 Å². The molecule has 1 spiro atoms. The van der Waals surface area contributed by atoms with Crippen molar-refractivity contribution in [2.75, 3.05) is 36.5 Å². The van der Waals surface area contributed by atoms with E-state index in [2.05, 4.69) is 27.1 Å². The number of amides is 1. The van der Waals surface area contributed by atoms with Crippen molar-refractivity contribution in [2.45, 2.75) is 44.3 Å². The largest absolute Gasteiger partial charge is 0.369 e. The Morgan fingerprint density at radius 3 is 3.00 bits per heavy atom. The zero-order chi connectivity index (χ0) is 18.1. The van der Waals surface area contributed by atoms with Gasteiger partial charge in [0.15, 0.2) is 0 Å². The molecule has 0 unspecified atom stereocenters. The maximum absolute atomic E-state index is 11.9. The Morgan fingerprint density at radius 2 is 2.27 bits per heavy atom. The lowest BCUT2D eigenvalue weighted by atomic mass is 9.73. The maximum atomic E-state index is 11.9. The van der Waals surface area contributed by atoms with Crippen LogP contribution in [0.2, 0.25) is 0 Å². The average Bonchev–Trinajstić information content (AvgIpc) is 3.29. The summed E-state index contributed by atoms with van der Waals surface area (Å²) in [5, 5.41) is 3.11. The summed E-state index contributed by atoms with van der Waals surface area (Å²) in [6, 6.07) is 0. The Labute approximate surface area is 159 Å². The number of rotatable bonds is 7. The molecule has 0 aliphatic carbocycles. The third-order valence-electron chi connectivity index (χ3n) is 6.11. The van der Waals surface area contributed by atoms with Crippen LogP contribution in [0.15, 0.2) is 12.4 Å². The fraction of sp³-hybridized carbons (Fsp3) is 0.737. The molecule has 3 saturated heterocycles. The van der Waals surface area contributed by atoms with Crippen LogP contribution in [-0.2, 0) is 16.0 Å². The number of hydrogen-bond acceptors (Lipinski definition) is 6. The van der Waals surface area contributed by atoms with E-state index in [1.54, 1.807) is 11.8 Å². The molecule has 142 valence electrons. The van der Waals surface area contributed by atoms with Crippen molar-refractivity contribution in [3.63, 3.8) is 0 Å². The first-order valence-corrected chi connectivity index (χ1v) is 11.0. The number of hydrogen-bond donors (Lipinski definition) is 1. The molecule has 4 heterocycles. The van der Waals surface area contributed by atoms with E-state index in [-0.39, 0.29) is 11.5 Å². The van der Waals surface area contributed by atoms with Crippen molar-refractivity contribution >= 4 is 23.6 Å². The number of aromatic nitrogens is 2. The highest BCUT2D eigenvalue weighted by molar-refractivity contribution is 7.99. The SMILES string of the molecule is CCCc1cnc(N2C[C@@H]3[C@H](CNC(=O)CSC)[C@H]4CC[C@]3(C2)O4)nc1. The molecule has 0 radical (unpaired) electrons. The van der Waals surface area contributed by atoms with E-state index in [9.17, 15) is 4.79 Å². The van der Waals surface area contributed by atoms with Crippen molar-refractivity contribution in [3.8, 4) is 0 Å². The lowest BCUT2D eigenvalue weighted by molar-refractivity contribution is -0.118. The summed E-state index contributed by atoms with van der Waals surface area (Å²) in [5.41, 5.74) is 1.13. The maximum Gasteiger partial charge on any atom is 0.229 e. The number of carbonyl (C=O) groups excluding carboxylic acids is 1. The fourth-order valence-corrected chi connectivity index (χ4v) is 5.32. The van der Waals surface area contributed by atoms with Gasteiger partial charge in [-0.3, -0.25) is 4.79 Å². The molecular formula is C19H28N4O2S. The topological polar surface area (TPSA) is 67.4 Å². The lowest BCUT2D eigenvalue weighted by Crippen LogP contribution is -2.42. The average molecular weight is 377 g/mol. The van der Waals surface area contributed by atoms with E-state index in [0.29, 0.717) is 23.7 Å². The van der Waals surface area contributed by atoms with Crippen LogP contribution in [0.25, 0.3) is 0 Å². The molecule has 1 N–H and O–H groups in total. The minimum absolute atomic E-state index is 0.0645. The van der Waals surface area contributed by atoms with Gasteiger partial charge < -0.3 is 15.0 Å². The minimum Gasteiger partial charge on any atom is -0.369 e. The van der Waals surface area contributed by atoms with Crippen LogP contribution in [0.3, 0.4) is 0 Å². The van der Waals surface area contributed by atoms with Gasteiger partial charge in [0, 0.05) is 37.3 Å². The lowest BCUT2D eigenvalue weighted by Gasteiger charge is -2.29. The van der Waals surface area contributed by atoms with E-state index < -0.39 is 0 Å². The molecule has 0 saturated carbocycles. The first kappa shape index (κ1) is 18.0. The molecular weight excluding hydrogens is 348 g/mol. The molecule has 4 rings (SSSR count). The highest BCUT2D eigenvalue weighted by Gasteiger charge is 2.63. The van der Waals surface area contributed by atoms with Crippen LogP contribution >= 0.6 is 11.8 Å². The Hall–Kier alpha value is -1.34. The van der Waals surface area contributed by atoms with Crippen molar-refractivity contribution < 1.29 is 9.53 Å². The zero-order valence-corrected chi connectivity index (χ0v) is 16.4. The van der Waals surface area contributed by atoms with Gasteiger partial charge in [0.2, 0.25) is 11.9 Å². The Morgan fingerprint density at radius 1 is 1.46 bits per heavy atom. The van der Waals surface area contributed by atoms with Gasteiger partial charge in [0.05, 0.1) is 24.0 Å². The summed E-state index contributed by atoms with van der Waals surface area (Å²) in [6.07, 6.45) is 10.5. The molecule has 1 amide bonds. The van der Waals surface area contributed by atoms with Crippen LogP contribution in [0.5, 0.6) is 0 Å². The molecule has 7 heteroatoms. The van der Waals surface area contributed by atoms with Crippen LogP contribution < -0.4 is 10.2 Å². The normalized spacial score (nSPS) is 32.1. The number of nitrogens with zero attached hydrogens (tertiary/aromatic N) is 3. The Kier molecular flexibility index (Phi) is 5.10. The predicted octanol–water partition coefficient (Wildman–Crippen LogP) is 1.89. The second-order valence-corrected chi connectivity index (χ2v) is 8.66. The fourth-order valence-electron chi connectivity index (χ4n) is 4.96. The molecule has 4 atom stereocenters. The van der Waals surface area contributed by atoms with Gasteiger partial charge >= 0.3 is 0 Å². The number of fused-ring (bicyclic) bond motifs is 1. The first-order valence-electron chi connectivity index (χ1n) is 9.64. The quantitative estimate of drug-likeness (QED) is 0.784. The Balaban J connectivity index is 1.43. The molecule has 6 nitrogen and oxygen atoms in total. The van der Waals surface area contributed by atoms with Gasteiger partial charge in [-0.25, -0.2) is 9.97 Å². The second-order valence-electron chi connectivity index (χ2n) is 7.79. The van der Waals surface area contributed by atoms with Gasteiger partial charge in [0.1, 0.15) is 0 Å². The Bertz CT molecular complexity index is 655. The van der Waals surface area contributed by atoms with Crippen LogP contribution in [-0.4, -0.2) is 59.2 Å². The van der Waals surface area contributed by atoms with Crippen molar-refractivity contribution in [3.05, 3.63) is 18.0 Å². The summed E-state index contributed by atoms with van der Waals surface area (Å²) in [4.78, 5) is 23.3. The van der Waals surface area contributed by atoms with Gasteiger partial charge in [-0.1, -0.05) is 13.3 Å². The number of nitrogens with one attached hydrogen (secondary N) is 1. The standard InChI is InChI=1S/C19H28N4O2S/c1-3-4-13-7-21-18(22-8-13)23-10-15-14(9-20-17(24)11-26-2)16-5-6-19(15,12-23)25-16/h7-8,14-16H,3-6,9-12H2,1-2H3,(H,20,24)/t14-,15+,16+,19+/m0/s1. The summed E-state index contributed by atoms with van der Waals surface area (Å²) in [5.74, 6) is 2.32. The first-order chi connectivity index (χ1) is 12.6. The van der Waals surface area contributed by atoms with E-state index >= 15 is 0 Å². The third kappa shape index (κ3) is 3.20. The molecule has 3 aliphatic heterocycles. The van der Waals surface area contributed by atoms with E-state index in [1.807, 2.05) is 18.6 Å². The summed E-state index contributed by atoms with van der Waals surface area (Å²) >= 11 is 1.56. The van der Waals surface area contributed by atoms with Gasteiger partial charge in [-0.05, 0) is 31.1 Å². The number of anilines is 1.